The Morgan fingerprint density at radius 2 is 2.33 bits per heavy atom. The van der Waals surface area contributed by atoms with Gasteiger partial charge in [0, 0.05) is 24.2 Å². The van der Waals surface area contributed by atoms with Crippen LogP contribution in [0, 0.1) is 0 Å². The molecule has 1 aromatic rings. The van der Waals surface area contributed by atoms with Crippen LogP contribution in [0.3, 0.4) is 0 Å². The molecule has 0 saturated heterocycles. The van der Waals surface area contributed by atoms with Gasteiger partial charge in [-0.3, -0.25) is 0 Å². The minimum absolute atomic E-state index is 0.134. The molecule has 15 heavy (non-hydrogen) atoms. The smallest absolute Gasteiger partial charge is 0.151 e. The zero-order valence-corrected chi connectivity index (χ0v) is 8.30. The third kappa shape index (κ3) is 2.55. The molecule has 0 aliphatic carbocycles. The molecule has 0 saturated carbocycles. The molecule has 0 fully saturated rings. The first kappa shape index (κ1) is 10.1. The first-order valence-electron chi connectivity index (χ1n) is 5.01. The molecule has 1 aromatic heterocycles. The standard InChI is InChI=1S/C11H14N2O2/c14-10(15)6-5-9-4-3-8-2-1-7-12-11(8)13-9/h1-4,7,9-10,14-15H,5-6H2,(H,12,13). The molecule has 4 nitrogen and oxygen atoms in total. The molecule has 1 aliphatic rings. The van der Waals surface area contributed by atoms with Crippen LogP contribution in [0.25, 0.3) is 6.08 Å². The summed E-state index contributed by atoms with van der Waals surface area (Å²) in [6.07, 6.45) is 5.59. The second-order valence-corrected chi connectivity index (χ2v) is 3.61. The summed E-state index contributed by atoms with van der Waals surface area (Å²) < 4.78 is 0. The average Bonchev–Trinajstić information content (AvgIpc) is 2.26. The molecule has 0 aromatic carbocycles. The second-order valence-electron chi connectivity index (χ2n) is 3.61. The third-order valence-electron chi connectivity index (χ3n) is 2.40. The summed E-state index contributed by atoms with van der Waals surface area (Å²) in [4.78, 5) is 4.21. The molecular formula is C11H14N2O2. The highest BCUT2D eigenvalue weighted by Crippen LogP contribution is 2.21. The van der Waals surface area contributed by atoms with Crippen molar-refractivity contribution in [3.8, 4) is 0 Å². The van der Waals surface area contributed by atoms with Gasteiger partial charge in [-0.05, 0) is 18.6 Å². The van der Waals surface area contributed by atoms with E-state index in [1.807, 2.05) is 24.3 Å². The fraction of sp³-hybridized carbons (Fsp3) is 0.364. The molecule has 0 amide bonds. The van der Waals surface area contributed by atoms with E-state index < -0.39 is 6.29 Å². The quantitative estimate of drug-likeness (QED) is 0.645. The lowest BCUT2D eigenvalue weighted by Crippen LogP contribution is -2.22. The van der Waals surface area contributed by atoms with Gasteiger partial charge in [0.05, 0.1) is 0 Å². The SMILES string of the molecule is OC(O)CCC1C=Cc2cccnc2N1. The number of nitrogens with zero attached hydrogens (tertiary/aromatic N) is 1. The number of fused-ring (bicyclic) bond motifs is 1. The van der Waals surface area contributed by atoms with E-state index in [9.17, 15) is 0 Å². The summed E-state index contributed by atoms with van der Waals surface area (Å²) in [5, 5.41) is 20.8. The van der Waals surface area contributed by atoms with Crippen molar-refractivity contribution in [2.45, 2.75) is 25.2 Å². The van der Waals surface area contributed by atoms with E-state index in [1.165, 1.54) is 0 Å². The number of anilines is 1. The predicted octanol–water partition coefficient (Wildman–Crippen LogP) is 0.980. The molecule has 1 atom stereocenters. The van der Waals surface area contributed by atoms with E-state index in [0.717, 1.165) is 11.4 Å². The first-order chi connectivity index (χ1) is 7.25. The zero-order chi connectivity index (χ0) is 10.7. The van der Waals surface area contributed by atoms with Crippen LogP contribution in [0.1, 0.15) is 18.4 Å². The van der Waals surface area contributed by atoms with Crippen LogP contribution >= 0.6 is 0 Å². The summed E-state index contributed by atoms with van der Waals surface area (Å²) in [5.74, 6) is 0.859. The normalized spacial score (nSPS) is 18.7. The second kappa shape index (κ2) is 4.42. The Bertz CT molecular complexity index is 363. The summed E-state index contributed by atoms with van der Waals surface area (Å²) in [6.45, 7) is 0. The van der Waals surface area contributed by atoms with Gasteiger partial charge in [-0.2, -0.15) is 0 Å². The maximum Gasteiger partial charge on any atom is 0.151 e. The zero-order valence-electron chi connectivity index (χ0n) is 8.30. The number of rotatable bonds is 3. The van der Waals surface area contributed by atoms with Crippen LogP contribution in [-0.4, -0.2) is 27.5 Å². The lowest BCUT2D eigenvalue weighted by Gasteiger charge is -2.21. The number of aliphatic hydroxyl groups is 2. The van der Waals surface area contributed by atoms with Crippen molar-refractivity contribution >= 4 is 11.9 Å². The van der Waals surface area contributed by atoms with E-state index in [1.54, 1.807) is 6.20 Å². The predicted molar refractivity (Wildman–Crippen MR) is 58.1 cm³/mol. The Morgan fingerprint density at radius 1 is 1.47 bits per heavy atom. The van der Waals surface area contributed by atoms with Crippen molar-refractivity contribution in [3.05, 3.63) is 30.0 Å². The lowest BCUT2D eigenvalue weighted by atomic mass is 10.1. The molecule has 4 heteroatoms. The van der Waals surface area contributed by atoms with Gasteiger partial charge in [0.25, 0.3) is 0 Å². The number of hydrogen-bond acceptors (Lipinski definition) is 4. The summed E-state index contributed by atoms with van der Waals surface area (Å²) in [6, 6.07) is 4.01. The lowest BCUT2D eigenvalue weighted by molar-refractivity contribution is -0.0464. The van der Waals surface area contributed by atoms with Gasteiger partial charge in [-0.15, -0.1) is 0 Å². The topological polar surface area (TPSA) is 65.4 Å². The minimum atomic E-state index is -1.23. The average molecular weight is 206 g/mol. The molecule has 0 radical (unpaired) electrons. The van der Waals surface area contributed by atoms with Crippen LogP contribution in [-0.2, 0) is 0 Å². The van der Waals surface area contributed by atoms with Gasteiger partial charge in [0.2, 0.25) is 0 Å². The van der Waals surface area contributed by atoms with Gasteiger partial charge in [0.1, 0.15) is 5.82 Å². The summed E-state index contributed by atoms with van der Waals surface area (Å²) in [5.41, 5.74) is 1.07. The van der Waals surface area contributed by atoms with Crippen molar-refractivity contribution in [1.29, 1.82) is 0 Å². The molecule has 1 unspecified atom stereocenters. The number of pyridine rings is 1. The molecule has 1 aliphatic heterocycles. The molecule has 80 valence electrons. The van der Waals surface area contributed by atoms with E-state index >= 15 is 0 Å². The molecule has 0 spiro atoms. The molecule has 2 heterocycles. The number of nitrogens with one attached hydrogen (secondary N) is 1. The Labute approximate surface area is 88.3 Å². The van der Waals surface area contributed by atoms with Crippen LogP contribution in [0.4, 0.5) is 5.82 Å². The third-order valence-corrected chi connectivity index (χ3v) is 2.40. The van der Waals surface area contributed by atoms with Crippen molar-refractivity contribution in [2.75, 3.05) is 5.32 Å². The number of hydrogen-bond donors (Lipinski definition) is 3. The molecule has 2 rings (SSSR count). The fourth-order valence-electron chi connectivity index (χ4n) is 1.61. The van der Waals surface area contributed by atoms with Crippen molar-refractivity contribution in [2.24, 2.45) is 0 Å². The maximum atomic E-state index is 8.77. The van der Waals surface area contributed by atoms with Crippen molar-refractivity contribution in [3.63, 3.8) is 0 Å². The van der Waals surface area contributed by atoms with Crippen LogP contribution < -0.4 is 5.32 Å². The van der Waals surface area contributed by atoms with Crippen LogP contribution in [0.2, 0.25) is 0 Å². The van der Waals surface area contributed by atoms with Gasteiger partial charge in [-0.1, -0.05) is 12.2 Å². The van der Waals surface area contributed by atoms with Gasteiger partial charge in [-0.25, -0.2) is 4.98 Å². The highest BCUT2D eigenvalue weighted by Gasteiger charge is 2.13. The van der Waals surface area contributed by atoms with Crippen LogP contribution in [0.15, 0.2) is 24.4 Å². The maximum absolute atomic E-state index is 8.77. The number of aliphatic hydroxyl groups excluding tert-OH is 1. The van der Waals surface area contributed by atoms with E-state index in [2.05, 4.69) is 10.3 Å². The Kier molecular flexibility index (Phi) is 2.99. The van der Waals surface area contributed by atoms with E-state index in [0.29, 0.717) is 12.8 Å². The molecular weight excluding hydrogens is 192 g/mol. The van der Waals surface area contributed by atoms with Crippen molar-refractivity contribution in [1.82, 2.24) is 4.98 Å². The Morgan fingerprint density at radius 3 is 3.13 bits per heavy atom. The summed E-state index contributed by atoms with van der Waals surface area (Å²) in [7, 11) is 0. The highest BCUT2D eigenvalue weighted by atomic mass is 16.5. The first-order valence-corrected chi connectivity index (χ1v) is 5.01. The summed E-state index contributed by atoms with van der Waals surface area (Å²) >= 11 is 0. The minimum Gasteiger partial charge on any atom is -0.368 e. The van der Waals surface area contributed by atoms with E-state index in [4.69, 9.17) is 10.2 Å². The monoisotopic (exact) mass is 206 g/mol. The molecule has 0 bridgehead atoms. The van der Waals surface area contributed by atoms with Gasteiger partial charge < -0.3 is 15.5 Å². The number of aromatic nitrogens is 1. The Balaban J connectivity index is 2.00. The van der Waals surface area contributed by atoms with Crippen molar-refractivity contribution < 1.29 is 10.2 Å². The largest absolute Gasteiger partial charge is 0.368 e. The Hall–Kier alpha value is -1.39. The molecule has 3 N–H and O–H groups in total. The highest BCUT2D eigenvalue weighted by molar-refractivity contribution is 5.67. The van der Waals surface area contributed by atoms with Crippen LogP contribution in [0.5, 0.6) is 0 Å². The van der Waals surface area contributed by atoms with Gasteiger partial charge >= 0.3 is 0 Å². The van der Waals surface area contributed by atoms with Gasteiger partial charge in [0.15, 0.2) is 6.29 Å². The van der Waals surface area contributed by atoms with E-state index in [-0.39, 0.29) is 6.04 Å². The fourth-order valence-corrected chi connectivity index (χ4v) is 1.61.